The fourth-order valence-corrected chi connectivity index (χ4v) is 2.00. The molecule has 2 nitrogen and oxygen atoms in total. The average Bonchev–Trinajstić information content (AvgIpc) is 2.29. The molecular weight excluding hydrogens is 264 g/mol. The number of hydrogen-bond acceptors (Lipinski definition) is 2. The Hall–Kier alpha value is -1.16. The van der Waals surface area contributed by atoms with Crippen molar-refractivity contribution in [2.45, 2.75) is 6.61 Å². The first kappa shape index (κ1) is 12.3. The van der Waals surface area contributed by atoms with Gasteiger partial charge in [-0.3, -0.25) is 0 Å². The maximum atomic E-state index is 13.1. The molecule has 0 aliphatic rings. The molecule has 1 N–H and O–H groups in total. The van der Waals surface area contributed by atoms with Crippen LogP contribution in [0.25, 0.3) is 11.3 Å². The second-order valence-corrected chi connectivity index (χ2v) is 4.27. The van der Waals surface area contributed by atoms with Gasteiger partial charge in [-0.05, 0) is 30.3 Å². The topological polar surface area (TPSA) is 33.1 Å². The van der Waals surface area contributed by atoms with Crippen molar-refractivity contribution in [3.05, 3.63) is 51.9 Å². The van der Waals surface area contributed by atoms with E-state index >= 15 is 0 Å². The number of benzene rings is 1. The second kappa shape index (κ2) is 5.00. The summed E-state index contributed by atoms with van der Waals surface area (Å²) in [4.78, 5) is 3.75. The lowest BCUT2D eigenvalue weighted by Crippen LogP contribution is -1.96. The van der Waals surface area contributed by atoms with Gasteiger partial charge >= 0.3 is 0 Å². The van der Waals surface area contributed by atoms with Crippen molar-refractivity contribution in [2.24, 2.45) is 0 Å². The van der Waals surface area contributed by atoms with Crippen molar-refractivity contribution in [2.75, 3.05) is 0 Å². The van der Waals surface area contributed by atoms with E-state index in [9.17, 15) is 9.50 Å². The van der Waals surface area contributed by atoms with E-state index in [-0.39, 0.29) is 6.61 Å². The smallest absolute Gasteiger partial charge is 0.213 e. The van der Waals surface area contributed by atoms with Crippen LogP contribution in [0.15, 0.2) is 30.3 Å². The van der Waals surface area contributed by atoms with Crippen LogP contribution in [0.2, 0.25) is 10.0 Å². The molecule has 1 heterocycles. The minimum absolute atomic E-state index is 0.235. The standard InChI is InChI=1S/C12H8Cl2FNO/c13-8-2-3-9(10(14)5-8)12-7(6-17)1-4-11(15)16-12/h1-5,17H,6H2. The summed E-state index contributed by atoms with van der Waals surface area (Å²) in [5.74, 6) is -0.622. The summed E-state index contributed by atoms with van der Waals surface area (Å²) in [5.41, 5.74) is 1.38. The van der Waals surface area contributed by atoms with E-state index in [1.54, 1.807) is 18.2 Å². The summed E-state index contributed by atoms with van der Waals surface area (Å²) in [6.45, 7) is -0.235. The molecule has 0 unspecified atom stereocenters. The maximum absolute atomic E-state index is 13.1. The number of aromatic nitrogens is 1. The van der Waals surface area contributed by atoms with Crippen molar-refractivity contribution in [3.63, 3.8) is 0 Å². The Balaban J connectivity index is 2.62. The highest BCUT2D eigenvalue weighted by molar-refractivity contribution is 6.36. The SMILES string of the molecule is OCc1ccc(F)nc1-c1ccc(Cl)cc1Cl. The molecule has 0 bridgehead atoms. The lowest BCUT2D eigenvalue weighted by Gasteiger charge is -2.08. The van der Waals surface area contributed by atoms with Gasteiger partial charge in [-0.15, -0.1) is 0 Å². The van der Waals surface area contributed by atoms with Gasteiger partial charge in [0.1, 0.15) is 0 Å². The normalized spacial score (nSPS) is 10.6. The molecule has 0 amide bonds. The Morgan fingerprint density at radius 1 is 1.18 bits per heavy atom. The molecule has 17 heavy (non-hydrogen) atoms. The largest absolute Gasteiger partial charge is 0.392 e. The first-order chi connectivity index (χ1) is 8.11. The van der Waals surface area contributed by atoms with E-state index in [2.05, 4.69) is 4.98 Å². The third-order valence-electron chi connectivity index (χ3n) is 2.30. The Morgan fingerprint density at radius 2 is 1.94 bits per heavy atom. The van der Waals surface area contributed by atoms with Crippen molar-refractivity contribution >= 4 is 23.2 Å². The number of hydrogen-bond donors (Lipinski definition) is 1. The van der Waals surface area contributed by atoms with E-state index in [0.717, 1.165) is 0 Å². The van der Waals surface area contributed by atoms with Gasteiger partial charge in [0.15, 0.2) is 0 Å². The molecule has 5 heteroatoms. The summed E-state index contributed by atoms with van der Waals surface area (Å²) in [7, 11) is 0. The highest BCUT2D eigenvalue weighted by Crippen LogP contribution is 2.31. The monoisotopic (exact) mass is 271 g/mol. The van der Waals surface area contributed by atoms with Gasteiger partial charge in [0, 0.05) is 16.1 Å². The summed E-state index contributed by atoms with van der Waals surface area (Å²) in [6.07, 6.45) is 0. The lowest BCUT2D eigenvalue weighted by molar-refractivity contribution is 0.281. The fraction of sp³-hybridized carbons (Fsp3) is 0.0833. The molecular formula is C12H8Cl2FNO. The number of nitrogens with zero attached hydrogens (tertiary/aromatic N) is 1. The number of halogens is 3. The highest BCUT2D eigenvalue weighted by Gasteiger charge is 2.11. The van der Waals surface area contributed by atoms with Gasteiger partial charge in [0.2, 0.25) is 5.95 Å². The lowest BCUT2D eigenvalue weighted by atomic mass is 10.1. The third-order valence-corrected chi connectivity index (χ3v) is 2.85. The van der Waals surface area contributed by atoms with Crippen LogP contribution in [-0.2, 0) is 6.61 Å². The number of aliphatic hydroxyl groups excluding tert-OH is 1. The second-order valence-electron chi connectivity index (χ2n) is 3.42. The molecule has 1 aromatic heterocycles. The van der Waals surface area contributed by atoms with Crippen LogP contribution in [0.3, 0.4) is 0 Å². The number of rotatable bonds is 2. The van der Waals surface area contributed by atoms with E-state index in [0.29, 0.717) is 26.9 Å². The Kier molecular flexibility index (Phi) is 3.62. The van der Waals surface area contributed by atoms with Gasteiger partial charge in [-0.2, -0.15) is 4.39 Å². The molecule has 0 saturated carbocycles. The molecule has 0 fully saturated rings. The summed E-state index contributed by atoms with van der Waals surface area (Å²) >= 11 is 11.8. The van der Waals surface area contributed by atoms with Crippen LogP contribution < -0.4 is 0 Å². The van der Waals surface area contributed by atoms with Gasteiger partial charge in [0.25, 0.3) is 0 Å². The fourth-order valence-electron chi connectivity index (χ4n) is 1.51. The van der Waals surface area contributed by atoms with Crippen molar-refractivity contribution in [1.82, 2.24) is 4.98 Å². The van der Waals surface area contributed by atoms with Crippen molar-refractivity contribution in [3.8, 4) is 11.3 Å². The Bertz CT molecular complexity index is 560. The Labute approximate surface area is 108 Å². The Morgan fingerprint density at radius 3 is 2.59 bits per heavy atom. The van der Waals surface area contributed by atoms with E-state index in [4.69, 9.17) is 23.2 Å². The van der Waals surface area contributed by atoms with Crippen molar-refractivity contribution < 1.29 is 9.50 Å². The molecule has 0 spiro atoms. The molecule has 88 valence electrons. The zero-order chi connectivity index (χ0) is 12.4. The molecule has 0 saturated heterocycles. The average molecular weight is 272 g/mol. The molecule has 0 aliphatic carbocycles. The van der Waals surface area contributed by atoms with Crippen LogP contribution in [0, 0.1) is 5.95 Å². The first-order valence-corrected chi connectivity index (χ1v) is 5.59. The highest BCUT2D eigenvalue weighted by atomic mass is 35.5. The van der Waals surface area contributed by atoms with Crippen LogP contribution >= 0.6 is 23.2 Å². The van der Waals surface area contributed by atoms with E-state index < -0.39 is 5.95 Å². The van der Waals surface area contributed by atoms with Crippen LogP contribution in [0.5, 0.6) is 0 Å². The van der Waals surface area contributed by atoms with Gasteiger partial charge < -0.3 is 5.11 Å². The predicted octanol–water partition coefficient (Wildman–Crippen LogP) is 3.69. The molecule has 0 atom stereocenters. The van der Waals surface area contributed by atoms with Gasteiger partial charge in [-0.25, -0.2) is 4.98 Å². The quantitative estimate of drug-likeness (QED) is 0.846. The maximum Gasteiger partial charge on any atom is 0.213 e. The molecule has 0 radical (unpaired) electrons. The zero-order valence-electron chi connectivity index (χ0n) is 8.62. The van der Waals surface area contributed by atoms with E-state index in [1.807, 2.05) is 0 Å². The summed E-state index contributed by atoms with van der Waals surface area (Å²) < 4.78 is 13.1. The van der Waals surface area contributed by atoms with Crippen LogP contribution in [0.1, 0.15) is 5.56 Å². The number of aliphatic hydroxyl groups is 1. The zero-order valence-corrected chi connectivity index (χ0v) is 10.1. The van der Waals surface area contributed by atoms with Crippen molar-refractivity contribution in [1.29, 1.82) is 0 Å². The van der Waals surface area contributed by atoms with Crippen LogP contribution in [0.4, 0.5) is 4.39 Å². The van der Waals surface area contributed by atoms with Crippen LogP contribution in [-0.4, -0.2) is 10.1 Å². The number of pyridine rings is 1. The molecule has 0 aliphatic heterocycles. The van der Waals surface area contributed by atoms with Gasteiger partial charge in [-0.1, -0.05) is 23.2 Å². The summed E-state index contributed by atoms with van der Waals surface area (Å²) in [6, 6.07) is 7.50. The van der Waals surface area contributed by atoms with Gasteiger partial charge in [0.05, 0.1) is 17.3 Å². The first-order valence-electron chi connectivity index (χ1n) is 4.83. The summed E-state index contributed by atoms with van der Waals surface area (Å²) in [5, 5.41) is 10.0. The molecule has 1 aromatic carbocycles. The third kappa shape index (κ3) is 2.57. The molecule has 2 aromatic rings. The van der Waals surface area contributed by atoms with E-state index in [1.165, 1.54) is 12.1 Å². The predicted molar refractivity (Wildman–Crippen MR) is 65.6 cm³/mol. The molecule has 2 rings (SSSR count). The minimum atomic E-state index is -0.622. The minimum Gasteiger partial charge on any atom is -0.392 e.